The molecule has 0 aliphatic carbocycles. The van der Waals surface area contributed by atoms with E-state index in [1.54, 1.807) is 12.1 Å². The number of phenolic OH excluding ortho intramolecular Hbond substituents is 2. The van der Waals surface area contributed by atoms with Crippen LogP contribution in [0.5, 0.6) is 17.2 Å². The largest absolute Gasteiger partial charge is 0.508 e. The number of aliphatic hydroxyl groups excluding tert-OH is 7. The Bertz CT molecular complexity index is 1390. The third kappa shape index (κ3) is 8.58. The molecular formula is C30H34O16. The molecule has 0 amide bonds. The molecule has 250 valence electrons. The molecule has 46 heavy (non-hydrogen) atoms. The van der Waals surface area contributed by atoms with E-state index in [1.165, 1.54) is 42.5 Å². The van der Waals surface area contributed by atoms with E-state index in [-0.39, 0.29) is 17.1 Å². The average molecular weight is 651 g/mol. The Hall–Kier alpha value is -4.10. The Morgan fingerprint density at radius 3 is 1.93 bits per heavy atom. The van der Waals surface area contributed by atoms with Crippen LogP contribution in [0.25, 0.3) is 12.2 Å². The number of benzene rings is 2. The average Bonchev–Trinajstić information content (AvgIpc) is 3.04. The van der Waals surface area contributed by atoms with Gasteiger partial charge in [0.2, 0.25) is 12.6 Å². The highest BCUT2D eigenvalue weighted by Gasteiger charge is 2.46. The molecule has 2 fully saturated rings. The molecule has 2 aromatic carbocycles. The van der Waals surface area contributed by atoms with Crippen molar-refractivity contribution in [1.29, 1.82) is 0 Å². The van der Waals surface area contributed by atoms with E-state index >= 15 is 0 Å². The third-order valence-electron chi connectivity index (χ3n) is 7.08. The predicted octanol–water partition coefficient (Wildman–Crippen LogP) is -2.10. The molecule has 9 N–H and O–H groups in total. The lowest BCUT2D eigenvalue weighted by molar-refractivity contribution is -0.291. The van der Waals surface area contributed by atoms with E-state index in [1.807, 2.05) is 0 Å². The molecule has 16 nitrogen and oxygen atoms in total. The number of rotatable bonds is 10. The minimum Gasteiger partial charge on any atom is -0.508 e. The monoisotopic (exact) mass is 650 g/mol. The van der Waals surface area contributed by atoms with E-state index in [9.17, 15) is 55.5 Å². The van der Waals surface area contributed by atoms with Crippen LogP contribution in [0, 0.1) is 0 Å². The quantitative estimate of drug-likeness (QED) is 0.0985. The van der Waals surface area contributed by atoms with Crippen LogP contribution in [0.3, 0.4) is 0 Å². The molecular weight excluding hydrogens is 616 g/mol. The number of hydrogen-bond acceptors (Lipinski definition) is 16. The fourth-order valence-corrected chi connectivity index (χ4v) is 4.45. The van der Waals surface area contributed by atoms with Crippen LogP contribution < -0.4 is 4.74 Å². The second-order valence-electron chi connectivity index (χ2n) is 10.4. The summed E-state index contributed by atoms with van der Waals surface area (Å²) >= 11 is 0. The standard InChI is InChI=1S/C30H34O16/c31-12-19-23(36)25(38)28(41)30(44-19)46-22(35)10-5-15-3-8-17(33)18(11-15)43-29-27(40)26(39)24(37)20(45-29)13-42-21(34)9-4-14-1-6-16(32)7-2-14/h1-11,19-20,23-33,36-41H,12-13H2/b9-4+,10-5+/t19-,20-,23-,24-,25+,26+,27-,28-,29-,30+/m1/s1. The molecule has 0 aromatic heterocycles. The van der Waals surface area contributed by atoms with Crippen molar-refractivity contribution >= 4 is 24.1 Å². The minimum atomic E-state index is -1.80. The molecule has 2 saturated heterocycles. The van der Waals surface area contributed by atoms with Crippen LogP contribution in [0.15, 0.2) is 54.6 Å². The van der Waals surface area contributed by atoms with Gasteiger partial charge in [-0.2, -0.15) is 0 Å². The number of ether oxygens (including phenoxy) is 5. The van der Waals surface area contributed by atoms with Gasteiger partial charge in [-0.05, 0) is 47.5 Å². The summed E-state index contributed by atoms with van der Waals surface area (Å²) in [6.45, 7) is -1.26. The molecule has 4 rings (SSSR count). The molecule has 2 aliphatic heterocycles. The topological polar surface area (TPSA) is 262 Å². The number of carbonyl (C=O) groups excluding carboxylic acids is 2. The molecule has 0 bridgehead atoms. The molecule has 0 saturated carbocycles. The van der Waals surface area contributed by atoms with Gasteiger partial charge in [-0.25, -0.2) is 9.59 Å². The van der Waals surface area contributed by atoms with Crippen LogP contribution in [0.4, 0.5) is 0 Å². The number of carbonyl (C=O) groups is 2. The second-order valence-corrected chi connectivity index (χ2v) is 10.4. The van der Waals surface area contributed by atoms with Crippen LogP contribution in [-0.2, 0) is 28.5 Å². The molecule has 0 radical (unpaired) electrons. The van der Waals surface area contributed by atoms with E-state index in [4.69, 9.17) is 23.7 Å². The first-order chi connectivity index (χ1) is 21.9. The van der Waals surface area contributed by atoms with Gasteiger partial charge in [0.1, 0.15) is 61.2 Å². The lowest BCUT2D eigenvalue weighted by atomic mass is 9.99. The summed E-state index contributed by atoms with van der Waals surface area (Å²) in [6, 6.07) is 9.74. The SMILES string of the molecule is O=C(/C=C/c1ccc(O)cc1)OC[C@H]1O[C@@H](Oc2cc(/C=C/C(=O)O[C@@H]3O[C@H](CO)[C@@H](O)[C@H](O)[C@H]3O)ccc2O)[C@H](O)[C@@H](O)[C@@H]1O. The van der Waals surface area contributed by atoms with Crippen molar-refractivity contribution in [2.45, 2.75) is 61.4 Å². The lowest BCUT2D eigenvalue weighted by Gasteiger charge is -2.39. The van der Waals surface area contributed by atoms with Crippen molar-refractivity contribution in [2.75, 3.05) is 13.2 Å². The number of aliphatic hydroxyl groups is 7. The van der Waals surface area contributed by atoms with E-state index < -0.39 is 92.3 Å². The van der Waals surface area contributed by atoms with Crippen molar-refractivity contribution in [3.63, 3.8) is 0 Å². The Labute approximate surface area is 261 Å². The van der Waals surface area contributed by atoms with Gasteiger partial charge in [0.15, 0.2) is 11.5 Å². The van der Waals surface area contributed by atoms with Gasteiger partial charge in [0.25, 0.3) is 0 Å². The van der Waals surface area contributed by atoms with E-state index in [0.29, 0.717) is 5.56 Å². The summed E-state index contributed by atoms with van der Waals surface area (Å²) in [6.07, 6.45) is -11.8. The zero-order valence-electron chi connectivity index (χ0n) is 23.9. The summed E-state index contributed by atoms with van der Waals surface area (Å²) in [5.41, 5.74) is 0.841. The van der Waals surface area contributed by atoms with E-state index in [2.05, 4.69) is 0 Å². The van der Waals surface area contributed by atoms with Gasteiger partial charge in [0, 0.05) is 12.2 Å². The first-order valence-electron chi connectivity index (χ1n) is 13.9. The van der Waals surface area contributed by atoms with Crippen molar-refractivity contribution < 1.29 is 79.2 Å². The predicted molar refractivity (Wildman–Crippen MR) is 152 cm³/mol. The van der Waals surface area contributed by atoms with E-state index in [0.717, 1.165) is 12.2 Å². The van der Waals surface area contributed by atoms with Crippen LogP contribution in [0.2, 0.25) is 0 Å². The Morgan fingerprint density at radius 1 is 0.696 bits per heavy atom. The number of phenols is 2. The molecule has 2 heterocycles. The highest BCUT2D eigenvalue weighted by molar-refractivity contribution is 5.87. The zero-order valence-corrected chi connectivity index (χ0v) is 23.9. The summed E-state index contributed by atoms with van der Waals surface area (Å²) in [7, 11) is 0. The number of hydrogen-bond donors (Lipinski definition) is 9. The van der Waals surface area contributed by atoms with Crippen molar-refractivity contribution in [2.24, 2.45) is 0 Å². The highest BCUT2D eigenvalue weighted by atomic mass is 16.7. The Kier molecular flexibility index (Phi) is 11.7. The third-order valence-corrected chi connectivity index (χ3v) is 7.08. The van der Waals surface area contributed by atoms with Gasteiger partial charge in [-0.3, -0.25) is 0 Å². The van der Waals surface area contributed by atoms with Crippen molar-refractivity contribution in [3.8, 4) is 17.2 Å². The molecule has 10 atom stereocenters. The Morgan fingerprint density at radius 2 is 1.26 bits per heavy atom. The van der Waals surface area contributed by atoms with Gasteiger partial charge >= 0.3 is 11.9 Å². The number of aromatic hydroxyl groups is 2. The van der Waals surface area contributed by atoms with Gasteiger partial charge in [-0.1, -0.05) is 18.2 Å². The van der Waals surface area contributed by atoms with Crippen molar-refractivity contribution in [1.82, 2.24) is 0 Å². The molecule has 0 unspecified atom stereocenters. The maximum absolute atomic E-state index is 12.3. The summed E-state index contributed by atoms with van der Waals surface area (Å²) in [5.74, 6) is -2.51. The van der Waals surface area contributed by atoms with Gasteiger partial charge in [0.05, 0.1) is 6.61 Å². The maximum Gasteiger partial charge on any atom is 0.333 e. The summed E-state index contributed by atoms with van der Waals surface area (Å²) < 4.78 is 26.2. The van der Waals surface area contributed by atoms with Crippen LogP contribution in [-0.4, -0.2) is 133 Å². The summed E-state index contributed by atoms with van der Waals surface area (Å²) in [5, 5.41) is 89.8. The first kappa shape index (κ1) is 34.8. The molecule has 2 aromatic rings. The summed E-state index contributed by atoms with van der Waals surface area (Å²) in [4.78, 5) is 24.5. The molecule has 0 spiro atoms. The maximum atomic E-state index is 12.3. The smallest absolute Gasteiger partial charge is 0.333 e. The normalized spacial score (nSPS) is 31.5. The first-order valence-corrected chi connectivity index (χ1v) is 13.9. The highest BCUT2D eigenvalue weighted by Crippen LogP contribution is 2.32. The fourth-order valence-electron chi connectivity index (χ4n) is 4.45. The lowest BCUT2D eigenvalue weighted by Crippen LogP contribution is -2.60. The molecule has 2 aliphatic rings. The minimum absolute atomic E-state index is 0.0482. The fraction of sp³-hybridized carbons (Fsp3) is 0.400. The van der Waals surface area contributed by atoms with Crippen LogP contribution >= 0.6 is 0 Å². The Balaban J connectivity index is 1.36. The van der Waals surface area contributed by atoms with Crippen molar-refractivity contribution in [3.05, 3.63) is 65.7 Å². The number of esters is 2. The zero-order chi connectivity index (χ0) is 33.5. The molecule has 16 heteroatoms. The van der Waals surface area contributed by atoms with Gasteiger partial charge in [-0.15, -0.1) is 0 Å². The van der Waals surface area contributed by atoms with Gasteiger partial charge < -0.3 is 69.6 Å². The second kappa shape index (κ2) is 15.5. The van der Waals surface area contributed by atoms with Crippen LogP contribution in [0.1, 0.15) is 11.1 Å².